The van der Waals surface area contributed by atoms with Gasteiger partial charge in [-0.1, -0.05) is 34.5 Å². The Morgan fingerprint density at radius 3 is 2.09 bits per heavy atom. The highest BCUT2D eigenvalue weighted by Crippen LogP contribution is 2.29. The molecule has 23 heavy (non-hydrogen) atoms. The van der Waals surface area contributed by atoms with Gasteiger partial charge in [-0.25, -0.2) is 8.42 Å². The van der Waals surface area contributed by atoms with E-state index in [9.17, 15) is 30.0 Å². The summed E-state index contributed by atoms with van der Waals surface area (Å²) < 4.78 is 86.6. The van der Waals surface area contributed by atoms with Crippen LogP contribution in [0.25, 0.3) is 10.8 Å². The fraction of sp³-hybridized carbons (Fsp3) is 0.167. The van der Waals surface area contributed by atoms with E-state index in [4.69, 9.17) is 0 Å². The van der Waals surface area contributed by atoms with Gasteiger partial charge in [-0.3, -0.25) is 0 Å². The molecular weight excluding hydrogens is 359 g/mol. The number of alkyl halides is 3. The van der Waals surface area contributed by atoms with Gasteiger partial charge in [0.25, 0.3) is 0 Å². The van der Waals surface area contributed by atoms with E-state index in [1.165, 1.54) is 18.2 Å². The quantitative estimate of drug-likeness (QED) is 0.893. The van der Waals surface area contributed by atoms with E-state index in [2.05, 4.69) is 4.18 Å². The number of fused-ring (bicyclic) bond motifs is 1. The van der Waals surface area contributed by atoms with Crippen LogP contribution in [0.3, 0.4) is 0 Å². The molecule has 2 aromatic rings. The zero-order valence-corrected chi connectivity index (χ0v) is 13.1. The first-order valence-electron chi connectivity index (χ1n) is 5.95. The van der Waals surface area contributed by atoms with E-state index in [0.717, 1.165) is 5.56 Å². The first kappa shape index (κ1) is 17.5. The third kappa shape index (κ3) is 3.74. The standard InChI is InChI=1S/C12H10F3NO5S2/c1-8-6-7-11(10-5-3-2-4-9(8)10)21-23(19,20)16-22(17,18)12(13,14)15/h2-7,16H,1H3. The largest absolute Gasteiger partial charge is 0.512 e. The van der Waals surface area contributed by atoms with Crippen LogP contribution in [0, 0.1) is 6.92 Å². The Hall–Kier alpha value is -1.85. The first-order valence-corrected chi connectivity index (χ1v) is 8.85. The van der Waals surface area contributed by atoms with Gasteiger partial charge < -0.3 is 4.18 Å². The summed E-state index contributed by atoms with van der Waals surface area (Å²) in [7, 11) is -11.3. The van der Waals surface area contributed by atoms with Crippen LogP contribution in [0.1, 0.15) is 5.56 Å². The maximum Gasteiger partial charge on any atom is 0.512 e. The van der Waals surface area contributed by atoms with Crippen molar-refractivity contribution < 1.29 is 34.2 Å². The van der Waals surface area contributed by atoms with Crippen molar-refractivity contribution in [2.45, 2.75) is 12.4 Å². The van der Waals surface area contributed by atoms with E-state index in [0.29, 0.717) is 14.9 Å². The van der Waals surface area contributed by atoms with Crippen LogP contribution in [0.4, 0.5) is 13.2 Å². The Morgan fingerprint density at radius 2 is 1.52 bits per heavy atom. The normalized spacial score (nSPS) is 13.2. The number of halogens is 3. The number of nitrogens with one attached hydrogen (secondary N) is 1. The summed E-state index contributed by atoms with van der Waals surface area (Å²) in [5.41, 5.74) is -5.00. The van der Waals surface area contributed by atoms with Gasteiger partial charge in [-0.05, 0) is 23.9 Å². The molecule has 0 aromatic heterocycles. The zero-order valence-electron chi connectivity index (χ0n) is 11.5. The lowest BCUT2D eigenvalue weighted by molar-refractivity contribution is -0.0442. The number of sulfonamides is 1. The molecule has 2 aromatic carbocycles. The fourth-order valence-electron chi connectivity index (χ4n) is 1.81. The maximum absolute atomic E-state index is 12.2. The van der Waals surface area contributed by atoms with Gasteiger partial charge in [-0.15, -0.1) is 0 Å². The average Bonchev–Trinajstić information content (AvgIpc) is 2.40. The highest BCUT2D eigenvalue weighted by atomic mass is 32.3. The Labute approximate surface area is 130 Å². The van der Waals surface area contributed by atoms with Crippen molar-refractivity contribution in [2.75, 3.05) is 0 Å². The number of rotatable bonds is 4. The molecule has 1 N–H and O–H groups in total. The van der Waals surface area contributed by atoms with Crippen LogP contribution in [0.2, 0.25) is 0 Å². The molecule has 0 unspecified atom stereocenters. The number of benzene rings is 2. The molecule has 11 heteroatoms. The summed E-state index contributed by atoms with van der Waals surface area (Å²) in [6, 6.07) is 9.11. The van der Waals surface area contributed by atoms with E-state index in [1.54, 1.807) is 25.1 Å². The summed E-state index contributed by atoms with van der Waals surface area (Å²) in [5.74, 6) is -0.295. The summed E-state index contributed by atoms with van der Waals surface area (Å²) in [5, 5.41) is 0.918. The SMILES string of the molecule is Cc1ccc(OS(=O)(=O)NS(=O)(=O)C(F)(F)F)c2ccccc12. The molecule has 0 spiro atoms. The summed E-state index contributed by atoms with van der Waals surface area (Å²) >= 11 is 0. The molecule has 0 heterocycles. The first-order chi connectivity index (χ1) is 10.4. The monoisotopic (exact) mass is 369 g/mol. The fourth-order valence-corrected chi connectivity index (χ4v) is 3.78. The van der Waals surface area contributed by atoms with E-state index in [-0.39, 0.29) is 5.75 Å². The van der Waals surface area contributed by atoms with Crippen molar-refractivity contribution in [1.82, 2.24) is 4.13 Å². The molecule has 0 amide bonds. The summed E-state index contributed by atoms with van der Waals surface area (Å²) in [6.07, 6.45) is 0. The molecule has 0 aliphatic heterocycles. The third-order valence-electron chi connectivity index (χ3n) is 2.82. The molecule has 126 valence electrons. The molecule has 0 saturated carbocycles. The summed E-state index contributed by atoms with van der Waals surface area (Å²) in [6.45, 7) is 1.74. The maximum atomic E-state index is 12.2. The van der Waals surface area contributed by atoms with Gasteiger partial charge in [0.2, 0.25) is 0 Å². The third-order valence-corrected chi connectivity index (χ3v) is 5.52. The average molecular weight is 369 g/mol. The second kappa shape index (κ2) is 5.65. The second-order valence-corrected chi connectivity index (χ2v) is 7.71. The minimum atomic E-state index is -6.10. The molecule has 0 aliphatic carbocycles. The van der Waals surface area contributed by atoms with Gasteiger partial charge in [0, 0.05) is 5.39 Å². The van der Waals surface area contributed by atoms with E-state index in [1.807, 2.05) is 0 Å². The highest BCUT2D eigenvalue weighted by molar-refractivity contribution is 8.03. The van der Waals surface area contributed by atoms with Crippen molar-refractivity contribution in [2.24, 2.45) is 0 Å². The van der Waals surface area contributed by atoms with Gasteiger partial charge >= 0.3 is 25.8 Å². The number of aryl methyl sites for hydroxylation is 1. The lowest BCUT2D eigenvalue weighted by atomic mass is 10.1. The van der Waals surface area contributed by atoms with Crippen LogP contribution in [-0.4, -0.2) is 22.3 Å². The Bertz CT molecular complexity index is 952. The van der Waals surface area contributed by atoms with Crippen molar-refractivity contribution in [3.63, 3.8) is 0 Å². The van der Waals surface area contributed by atoms with Crippen LogP contribution in [0.5, 0.6) is 5.75 Å². The summed E-state index contributed by atoms with van der Waals surface area (Å²) in [4.78, 5) is 0. The topological polar surface area (TPSA) is 89.5 Å². The van der Waals surface area contributed by atoms with Crippen LogP contribution < -0.4 is 8.31 Å². The molecule has 0 bridgehead atoms. The lowest BCUT2D eigenvalue weighted by Crippen LogP contribution is -2.42. The Balaban J connectivity index is 2.42. The lowest BCUT2D eigenvalue weighted by Gasteiger charge is -2.12. The van der Waals surface area contributed by atoms with Gasteiger partial charge in [0.1, 0.15) is 0 Å². The highest BCUT2D eigenvalue weighted by Gasteiger charge is 2.48. The van der Waals surface area contributed by atoms with Gasteiger partial charge in [0.05, 0.1) is 0 Å². The van der Waals surface area contributed by atoms with Crippen molar-refractivity contribution >= 4 is 31.1 Å². The van der Waals surface area contributed by atoms with Crippen molar-refractivity contribution in [3.05, 3.63) is 42.0 Å². The molecule has 0 saturated heterocycles. The predicted octanol–water partition coefficient (Wildman–Crippen LogP) is 2.21. The Morgan fingerprint density at radius 1 is 0.957 bits per heavy atom. The number of hydrogen-bond donors (Lipinski definition) is 1. The predicted molar refractivity (Wildman–Crippen MR) is 76.3 cm³/mol. The van der Waals surface area contributed by atoms with Crippen molar-refractivity contribution in [3.8, 4) is 5.75 Å². The van der Waals surface area contributed by atoms with E-state index < -0.39 is 25.8 Å². The van der Waals surface area contributed by atoms with Crippen LogP contribution >= 0.6 is 0 Å². The van der Waals surface area contributed by atoms with Gasteiger partial charge in [-0.2, -0.15) is 21.6 Å². The molecule has 0 radical (unpaired) electrons. The van der Waals surface area contributed by atoms with Crippen molar-refractivity contribution in [1.29, 1.82) is 0 Å². The van der Waals surface area contributed by atoms with Crippen LogP contribution in [0.15, 0.2) is 36.4 Å². The zero-order chi connectivity index (χ0) is 17.5. The second-order valence-electron chi connectivity index (χ2n) is 4.50. The Kier molecular flexibility index (Phi) is 4.30. The molecular formula is C12H10F3NO5S2. The minimum Gasteiger partial charge on any atom is -0.370 e. The molecule has 2 rings (SSSR count). The molecule has 0 aliphatic rings. The molecule has 6 nitrogen and oxygen atoms in total. The number of hydrogen-bond acceptors (Lipinski definition) is 5. The molecule has 0 atom stereocenters. The van der Waals surface area contributed by atoms with Crippen LogP contribution in [-0.2, 0) is 20.3 Å². The molecule has 0 fully saturated rings. The minimum absolute atomic E-state index is 0.295. The van der Waals surface area contributed by atoms with Gasteiger partial charge in [0.15, 0.2) is 5.75 Å². The van der Waals surface area contributed by atoms with E-state index >= 15 is 0 Å². The smallest absolute Gasteiger partial charge is 0.370 e.